The van der Waals surface area contributed by atoms with Gasteiger partial charge in [0, 0.05) is 13.2 Å². The second-order valence-electron chi connectivity index (χ2n) is 5.75. The molecule has 0 atom stereocenters. The van der Waals surface area contributed by atoms with Crippen molar-refractivity contribution in [3.05, 3.63) is 58.0 Å². The predicted octanol–water partition coefficient (Wildman–Crippen LogP) is 0.312. The van der Waals surface area contributed by atoms with E-state index < -0.39 is 28.6 Å². The summed E-state index contributed by atoms with van der Waals surface area (Å²) in [5.41, 5.74) is -1.96. The van der Waals surface area contributed by atoms with Crippen molar-refractivity contribution < 1.29 is 24.5 Å². The number of carboxylic acid groups (broad SMARTS) is 1. The fourth-order valence-electron chi connectivity index (χ4n) is 2.70. The Hall–Kier alpha value is -3.49. The number of ether oxygens (including phenoxy) is 1. The molecule has 0 aliphatic carbocycles. The fraction of sp³-hybridized carbons (Fsp3) is 0.235. The van der Waals surface area contributed by atoms with E-state index in [1.54, 1.807) is 19.2 Å². The molecule has 1 aromatic heterocycles. The van der Waals surface area contributed by atoms with Crippen LogP contribution in [0.4, 0.5) is 0 Å². The van der Waals surface area contributed by atoms with E-state index in [9.17, 15) is 19.5 Å². The Morgan fingerprint density at radius 1 is 1.23 bits per heavy atom. The molecular weight excluding hydrogens is 342 g/mol. The van der Waals surface area contributed by atoms with E-state index in [1.165, 1.54) is 14.6 Å². The van der Waals surface area contributed by atoms with Gasteiger partial charge in [-0.2, -0.15) is 0 Å². The maximum absolute atomic E-state index is 12.6. The van der Waals surface area contributed by atoms with E-state index in [-0.39, 0.29) is 25.5 Å². The zero-order valence-corrected chi connectivity index (χ0v) is 14.0. The zero-order chi connectivity index (χ0) is 18.8. The molecule has 0 unspecified atom stereocenters. The highest BCUT2D eigenvalue weighted by Crippen LogP contribution is 2.20. The zero-order valence-electron chi connectivity index (χ0n) is 14.0. The topological polar surface area (TPSA) is 112 Å². The van der Waals surface area contributed by atoms with Crippen LogP contribution in [0.25, 0.3) is 0 Å². The number of fused-ring (bicyclic) bond motifs is 1. The van der Waals surface area contributed by atoms with E-state index in [0.717, 1.165) is 6.20 Å². The Balaban J connectivity index is 1.82. The van der Waals surface area contributed by atoms with Gasteiger partial charge in [-0.15, -0.1) is 0 Å². The predicted molar refractivity (Wildman–Crippen MR) is 91.3 cm³/mol. The van der Waals surface area contributed by atoms with Crippen LogP contribution >= 0.6 is 0 Å². The lowest BCUT2D eigenvalue weighted by Gasteiger charge is -2.37. The maximum Gasteiger partial charge on any atom is 0.341 e. The van der Waals surface area contributed by atoms with Gasteiger partial charge in [0.05, 0.1) is 6.54 Å². The minimum Gasteiger partial charge on any atom is -0.502 e. The second kappa shape index (κ2) is 6.79. The summed E-state index contributed by atoms with van der Waals surface area (Å²) in [4.78, 5) is 37.2. The van der Waals surface area contributed by atoms with Gasteiger partial charge in [0.2, 0.25) is 5.43 Å². The van der Waals surface area contributed by atoms with Crippen molar-refractivity contribution in [1.82, 2.24) is 9.58 Å². The van der Waals surface area contributed by atoms with E-state index in [1.807, 2.05) is 18.2 Å². The van der Waals surface area contributed by atoms with Crippen LogP contribution in [0.2, 0.25) is 0 Å². The molecule has 2 N–H and O–H groups in total. The molecule has 1 aliphatic rings. The Kier molecular flexibility index (Phi) is 4.53. The molecule has 9 nitrogen and oxygen atoms in total. The van der Waals surface area contributed by atoms with Gasteiger partial charge < -0.3 is 19.8 Å². The van der Waals surface area contributed by atoms with Crippen molar-refractivity contribution in [2.45, 2.75) is 0 Å². The number of pyridine rings is 1. The Labute approximate surface area is 148 Å². The minimum atomic E-state index is -1.47. The molecule has 0 radical (unpaired) electrons. The molecule has 0 bridgehead atoms. The van der Waals surface area contributed by atoms with Gasteiger partial charge in [-0.05, 0) is 12.1 Å². The number of amides is 1. The number of hydrogen-bond acceptors (Lipinski definition) is 6. The number of aromatic hydroxyl groups is 1. The number of rotatable bonds is 5. The molecule has 0 spiro atoms. The molecule has 1 aromatic carbocycles. The van der Waals surface area contributed by atoms with Gasteiger partial charge in [0.25, 0.3) is 5.91 Å². The van der Waals surface area contributed by atoms with Gasteiger partial charge in [-0.3, -0.25) is 19.3 Å². The average molecular weight is 359 g/mol. The average Bonchev–Trinajstić information content (AvgIpc) is 2.62. The van der Waals surface area contributed by atoms with Crippen LogP contribution in [0.1, 0.15) is 20.8 Å². The number of aromatic nitrogens is 1. The number of hydrogen-bond donors (Lipinski definition) is 2. The summed E-state index contributed by atoms with van der Waals surface area (Å²) in [5.74, 6) is -2.27. The number of carbonyl (C=O) groups excluding carboxylic acids is 1. The lowest BCUT2D eigenvalue weighted by atomic mass is 10.2. The molecule has 26 heavy (non-hydrogen) atoms. The molecule has 0 saturated heterocycles. The SMILES string of the molecule is CN1CN(CCOc2ccccc2)C(=O)c2c(O)c(=O)c(C(=O)O)cn21. The molecule has 136 valence electrons. The Morgan fingerprint density at radius 3 is 2.58 bits per heavy atom. The number of benzene rings is 1. The van der Waals surface area contributed by atoms with Crippen molar-refractivity contribution in [1.29, 1.82) is 0 Å². The third-order valence-corrected chi connectivity index (χ3v) is 4.00. The first-order valence-corrected chi connectivity index (χ1v) is 7.80. The van der Waals surface area contributed by atoms with E-state index in [4.69, 9.17) is 9.84 Å². The first-order valence-electron chi connectivity index (χ1n) is 7.80. The number of aromatic carboxylic acids is 1. The maximum atomic E-state index is 12.6. The summed E-state index contributed by atoms with van der Waals surface area (Å²) in [5, 5.41) is 20.7. The van der Waals surface area contributed by atoms with Crippen molar-refractivity contribution in [2.75, 3.05) is 31.9 Å². The first-order chi connectivity index (χ1) is 12.4. The largest absolute Gasteiger partial charge is 0.502 e. The number of nitrogens with zero attached hydrogens (tertiary/aromatic N) is 3. The third kappa shape index (κ3) is 3.06. The van der Waals surface area contributed by atoms with Crippen molar-refractivity contribution in [3.8, 4) is 11.5 Å². The van der Waals surface area contributed by atoms with Gasteiger partial charge in [-0.25, -0.2) is 4.79 Å². The molecule has 2 aromatic rings. The smallest absolute Gasteiger partial charge is 0.341 e. The molecule has 0 saturated carbocycles. The van der Waals surface area contributed by atoms with Crippen LogP contribution in [0.3, 0.4) is 0 Å². The highest BCUT2D eigenvalue weighted by molar-refractivity contribution is 5.97. The molecule has 1 amide bonds. The number of para-hydroxylation sites is 1. The van der Waals surface area contributed by atoms with Crippen LogP contribution in [-0.4, -0.2) is 58.5 Å². The van der Waals surface area contributed by atoms with Crippen LogP contribution in [0.5, 0.6) is 11.5 Å². The van der Waals surface area contributed by atoms with Gasteiger partial charge in [0.15, 0.2) is 11.4 Å². The lowest BCUT2D eigenvalue weighted by Crippen LogP contribution is -2.53. The molecular formula is C17H17N3O6. The molecule has 9 heteroatoms. The van der Waals surface area contributed by atoms with E-state index in [2.05, 4.69) is 0 Å². The first kappa shape index (κ1) is 17.3. The second-order valence-corrected chi connectivity index (χ2v) is 5.75. The number of carbonyl (C=O) groups is 2. The third-order valence-electron chi connectivity index (χ3n) is 4.00. The lowest BCUT2D eigenvalue weighted by molar-refractivity contribution is 0.0652. The van der Waals surface area contributed by atoms with Crippen molar-refractivity contribution in [2.24, 2.45) is 0 Å². The summed E-state index contributed by atoms with van der Waals surface area (Å²) in [6, 6.07) is 9.10. The van der Waals surface area contributed by atoms with Gasteiger partial charge in [-0.1, -0.05) is 18.2 Å². The van der Waals surface area contributed by atoms with Crippen LogP contribution in [-0.2, 0) is 0 Å². The monoisotopic (exact) mass is 359 g/mol. The summed E-state index contributed by atoms with van der Waals surface area (Å²) in [6.45, 7) is 0.597. The van der Waals surface area contributed by atoms with Crippen LogP contribution < -0.4 is 15.2 Å². The van der Waals surface area contributed by atoms with Gasteiger partial charge >= 0.3 is 5.97 Å². The highest BCUT2D eigenvalue weighted by atomic mass is 16.5. The van der Waals surface area contributed by atoms with Crippen LogP contribution in [0.15, 0.2) is 41.3 Å². The summed E-state index contributed by atoms with van der Waals surface area (Å²) >= 11 is 0. The summed E-state index contributed by atoms with van der Waals surface area (Å²) in [6.07, 6.45) is 1.04. The normalized spacial score (nSPS) is 13.5. The summed E-state index contributed by atoms with van der Waals surface area (Å²) < 4.78 is 6.74. The number of carboxylic acids is 1. The Morgan fingerprint density at radius 2 is 1.92 bits per heavy atom. The molecule has 2 heterocycles. The van der Waals surface area contributed by atoms with Crippen molar-refractivity contribution in [3.63, 3.8) is 0 Å². The van der Waals surface area contributed by atoms with Crippen LogP contribution in [0, 0.1) is 0 Å². The Bertz CT molecular complexity index is 909. The quantitative estimate of drug-likeness (QED) is 0.790. The molecule has 1 aliphatic heterocycles. The summed E-state index contributed by atoms with van der Waals surface area (Å²) in [7, 11) is 1.61. The van der Waals surface area contributed by atoms with Gasteiger partial charge in [0.1, 0.15) is 24.6 Å². The van der Waals surface area contributed by atoms with Crippen molar-refractivity contribution >= 4 is 11.9 Å². The molecule has 0 fully saturated rings. The fourth-order valence-corrected chi connectivity index (χ4v) is 2.70. The van der Waals surface area contributed by atoms with E-state index in [0.29, 0.717) is 5.75 Å². The minimum absolute atomic E-state index is 0.144. The van der Waals surface area contributed by atoms with E-state index >= 15 is 0 Å². The highest BCUT2D eigenvalue weighted by Gasteiger charge is 2.32. The molecule has 3 rings (SSSR count). The standard InChI is InChI=1S/C17H17N3O6/c1-18-10-19(7-8-26-11-5-3-2-4-6-11)16(23)13-15(22)14(21)12(17(24)25)9-20(13)18/h2-6,9,22H,7-8,10H2,1H3,(H,24,25).